The van der Waals surface area contributed by atoms with E-state index >= 15 is 0 Å². The van der Waals surface area contributed by atoms with Crippen LogP contribution in [0.3, 0.4) is 0 Å². The standard InChI is InChI=1S/C18H20N4O/c1-12(2)11-23-17-8-9-19-16(13(17)3)10-20-18-21-14-6-4-5-7-15(14)22-18/h4-10,12H,11H2,1-3H3,(H,21,22)/b20-10+. The fourth-order valence-corrected chi connectivity index (χ4v) is 2.20. The highest BCUT2D eigenvalue weighted by molar-refractivity contribution is 5.83. The number of imidazole rings is 1. The molecule has 0 aliphatic rings. The van der Waals surface area contributed by atoms with E-state index in [1.54, 1.807) is 12.4 Å². The monoisotopic (exact) mass is 308 g/mol. The number of hydrogen-bond donors (Lipinski definition) is 1. The average Bonchev–Trinajstić information content (AvgIpc) is 2.95. The van der Waals surface area contributed by atoms with Crippen LogP contribution in [-0.2, 0) is 0 Å². The second kappa shape index (κ2) is 6.60. The van der Waals surface area contributed by atoms with Crippen LogP contribution in [-0.4, -0.2) is 27.8 Å². The van der Waals surface area contributed by atoms with Gasteiger partial charge in [0.05, 0.1) is 29.5 Å². The Hall–Kier alpha value is -2.69. The van der Waals surface area contributed by atoms with Crippen LogP contribution in [0.1, 0.15) is 25.1 Å². The summed E-state index contributed by atoms with van der Waals surface area (Å²) < 4.78 is 5.81. The SMILES string of the molecule is Cc1c(OCC(C)C)ccnc1/C=N/c1nc2ccccc2[nH]1. The molecule has 3 aromatic rings. The molecule has 0 aliphatic carbocycles. The Balaban J connectivity index is 1.82. The maximum atomic E-state index is 5.81. The van der Waals surface area contributed by atoms with Gasteiger partial charge in [-0.2, -0.15) is 0 Å². The minimum atomic E-state index is 0.482. The third-order valence-electron chi connectivity index (χ3n) is 3.45. The van der Waals surface area contributed by atoms with Gasteiger partial charge in [0.1, 0.15) is 5.75 Å². The van der Waals surface area contributed by atoms with Gasteiger partial charge in [0.2, 0.25) is 5.95 Å². The van der Waals surface area contributed by atoms with Crippen molar-refractivity contribution in [1.82, 2.24) is 15.0 Å². The maximum Gasteiger partial charge on any atom is 0.227 e. The Morgan fingerprint density at radius 1 is 1.26 bits per heavy atom. The number of H-pyrrole nitrogens is 1. The van der Waals surface area contributed by atoms with Crippen LogP contribution in [0.4, 0.5) is 5.95 Å². The smallest absolute Gasteiger partial charge is 0.227 e. The molecule has 5 heteroatoms. The van der Waals surface area contributed by atoms with Gasteiger partial charge in [-0.25, -0.2) is 9.98 Å². The van der Waals surface area contributed by atoms with Gasteiger partial charge in [0, 0.05) is 11.8 Å². The molecule has 0 spiro atoms. The molecule has 1 aromatic carbocycles. The first-order valence-electron chi connectivity index (χ1n) is 7.70. The van der Waals surface area contributed by atoms with E-state index < -0.39 is 0 Å². The first-order chi connectivity index (χ1) is 11.1. The van der Waals surface area contributed by atoms with Crippen molar-refractivity contribution in [2.24, 2.45) is 10.9 Å². The van der Waals surface area contributed by atoms with E-state index in [0.717, 1.165) is 28.0 Å². The van der Waals surface area contributed by atoms with Crippen molar-refractivity contribution in [2.75, 3.05) is 6.61 Å². The number of ether oxygens (including phenoxy) is 1. The number of benzene rings is 1. The van der Waals surface area contributed by atoms with Crippen LogP contribution in [0.25, 0.3) is 11.0 Å². The number of para-hydroxylation sites is 2. The summed E-state index contributed by atoms with van der Waals surface area (Å²) in [6.07, 6.45) is 3.46. The van der Waals surface area contributed by atoms with Crippen molar-refractivity contribution in [1.29, 1.82) is 0 Å². The summed E-state index contributed by atoms with van der Waals surface area (Å²) in [6.45, 7) is 6.93. The first-order valence-corrected chi connectivity index (χ1v) is 7.70. The predicted octanol–water partition coefficient (Wildman–Crippen LogP) is 4.05. The molecule has 5 nitrogen and oxygen atoms in total. The largest absolute Gasteiger partial charge is 0.493 e. The van der Waals surface area contributed by atoms with Crippen molar-refractivity contribution >= 4 is 23.2 Å². The molecule has 0 radical (unpaired) electrons. The lowest BCUT2D eigenvalue weighted by atomic mass is 10.2. The number of rotatable bonds is 5. The number of aromatic nitrogens is 3. The van der Waals surface area contributed by atoms with Gasteiger partial charge in [-0.05, 0) is 31.0 Å². The molecule has 0 fully saturated rings. The quantitative estimate of drug-likeness (QED) is 0.723. The van der Waals surface area contributed by atoms with E-state index in [0.29, 0.717) is 18.5 Å². The number of fused-ring (bicyclic) bond motifs is 1. The van der Waals surface area contributed by atoms with Gasteiger partial charge >= 0.3 is 0 Å². The summed E-state index contributed by atoms with van der Waals surface area (Å²) in [6, 6.07) is 9.74. The van der Waals surface area contributed by atoms with Crippen molar-refractivity contribution in [3.8, 4) is 5.75 Å². The molecule has 0 unspecified atom stereocenters. The third-order valence-corrected chi connectivity index (χ3v) is 3.45. The normalized spacial score (nSPS) is 11.7. The van der Waals surface area contributed by atoms with Crippen LogP contribution in [0.2, 0.25) is 0 Å². The second-order valence-electron chi connectivity index (χ2n) is 5.86. The average molecular weight is 308 g/mol. The fourth-order valence-electron chi connectivity index (χ4n) is 2.20. The summed E-state index contributed by atoms with van der Waals surface area (Å²) in [5.41, 5.74) is 3.64. The van der Waals surface area contributed by atoms with Crippen LogP contribution in [0.5, 0.6) is 5.75 Å². The van der Waals surface area contributed by atoms with E-state index in [9.17, 15) is 0 Å². The summed E-state index contributed by atoms with van der Waals surface area (Å²) in [5.74, 6) is 1.90. The number of pyridine rings is 1. The summed E-state index contributed by atoms with van der Waals surface area (Å²) >= 11 is 0. The molecule has 1 N–H and O–H groups in total. The molecule has 0 saturated heterocycles. The lowest BCUT2D eigenvalue weighted by Gasteiger charge is -2.11. The molecule has 0 bridgehead atoms. The maximum absolute atomic E-state index is 5.81. The fraction of sp³-hybridized carbons (Fsp3) is 0.278. The highest BCUT2D eigenvalue weighted by Gasteiger charge is 2.06. The highest BCUT2D eigenvalue weighted by atomic mass is 16.5. The van der Waals surface area contributed by atoms with Gasteiger partial charge < -0.3 is 9.72 Å². The Kier molecular flexibility index (Phi) is 4.37. The summed E-state index contributed by atoms with van der Waals surface area (Å²) in [5, 5.41) is 0. The molecule has 0 atom stereocenters. The van der Waals surface area contributed by atoms with Crippen molar-refractivity contribution in [2.45, 2.75) is 20.8 Å². The summed E-state index contributed by atoms with van der Waals surface area (Å²) in [4.78, 5) is 16.4. The minimum absolute atomic E-state index is 0.482. The van der Waals surface area contributed by atoms with E-state index in [1.807, 2.05) is 37.3 Å². The number of aliphatic imine (C=N–C) groups is 1. The lowest BCUT2D eigenvalue weighted by Crippen LogP contribution is -2.06. The Morgan fingerprint density at radius 3 is 2.87 bits per heavy atom. The predicted molar refractivity (Wildman–Crippen MR) is 92.7 cm³/mol. The van der Waals surface area contributed by atoms with Crippen LogP contribution in [0.15, 0.2) is 41.5 Å². The topological polar surface area (TPSA) is 63.2 Å². The van der Waals surface area contributed by atoms with E-state index in [-0.39, 0.29) is 0 Å². The lowest BCUT2D eigenvalue weighted by molar-refractivity contribution is 0.269. The summed E-state index contributed by atoms with van der Waals surface area (Å²) in [7, 11) is 0. The number of nitrogens with zero attached hydrogens (tertiary/aromatic N) is 3. The zero-order valence-electron chi connectivity index (χ0n) is 13.6. The minimum Gasteiger partial charge on any atom is -0.493 e. The van der Waals surface area contributed by atoms with Crippen molar-refractivity contribution in [3.63, 3.8) is 0 Å². The third kappa shape index (κ3) is 3.56. The number of nitrogens with one attached hydrogen (secondary N) is 1. The van der Waals surface area contributed by atoms with Gasteiger partial charge in [-0.15, -0.1) is 0 Å². The molecular formula is C18H20N4O. The van der Waals surface area contributed by atoms with Gasteiger partial charge in [-0.1, -0.05) is 26.0 Å². The zero-order valence-corrected chi connectivity index (χ0v) is 13.6. The molecule has 3 rings (SSSR count). The van der Waals surface area contributed by atoms with Crippen LogP contribution in [0, 0.1) is 12.8 Å². The van der Waals surface area contributed by atoms with Gasteiger partial charge in [0.25, 0.3) is 0 Å². The number of aromatic amines is 1. The molecule has 0 saturated carbocycles. The molecule has 23 heavy (non-hydrogen) atoms. The molecule has 0 amide bonds. The van der Waals surface area contributed by atoms with Gasteiger partial charge in [0.15, 0.2) is 0 Å². The van der Waals surface area contributed by atoms with E-state index in [4.69, 9.17) is 4.74 Å². The molecule has 0 aliphatic heterocycles. The second-order valence-corrected chi connectivity index (χ2v) is 5.86. The van der Waals surface area contributed by atoms with Crippen molar-refractivity contribution in [3.05, 3.63) is 47.8 Å². The molecule has 2 aromatic heterocycles. The Morgan fingerprint density at radius 2 is 2.09 bits per heavy atom. The molecular weight excluding hydrogens is 288 g/mol. The molecule has 2 heterocycles. The highest BCUT2D eigenvalue weighted by Crippen LogP contribution is 2.20. The Bertz CT molecular complexity index is 803. The van der Waals surface area contributed by atoms with E-state index in [2.05, 4.69) is 33.8 Å². The first kappa shape index (κ1) is 15.2. The zero-order chi connectivity index (χ0) is 16.2. The van der Waals surface area contributed by atoms with Crippen LogP contribution < -0.4 is 4.74 Å². The van der Waals surface area contributed by atoms with Crippen molar-refractivity contribution < 1.29 is 4.74 Å². The van der Waals surface area contributed by atoms with Gasteiger partial charge in [-0.3, -0.25) is 4.98 Å². The Labute approximate surface area is 135 Å². The number of hydrogen-bond acceptors (Lipinski definition) is 4. The van der Waals surface area contributed by atoms with E-state index in [1.165, 1.54) is 0 Å². The molecule has 118 valence electrons. The van der Waals surface area contributed by atoms with Crippen LogP contribution >= 0.6 is 0 Å².